The van der Waals surface area contributed by atoms with Crippen molar-refractivity contribution in [2.75, 3.05) is 12.8 Å². The minimum absolute atomic E-state index is 0.532. The number of hydrogen-bond donors (Lipinski definition) is 1. The summed E-state index contributed by atoms with van der Waals surface area (Å²) in [6.45, 7) is 1.82. The third kappa shape index (κ3) is 2.49. The van der Waals surface area contributed by atoms with Crippen molar-refractivity contribution >= 4 is 11.7 Å². The van der Waals surface area contributed by atoms with Crippen LogP contribution < -0.4 is 5.73 Å². The average molecular weight is 190 g/mol. The lowest BCUT2D eigenvalue weighted by molar-refractivity contribution is -0.133. The van der Waals surface area contributed by atoms with Crippen LogP contribution in [0.15, 0.2) is 12.3 Å². The van der Waals surface area contributed by atoms with Crippen LogP contribution in [0, 0.1) is 18.8 Å². The van der Waals surface area contributed by atoms with E-state index in [1.807, 2.05) is 6.92 Å². The Morgan fingerprint density at radius 3 is 2.93 bits per heavy atom. The van der Waals surface area contributed by atoms with Crippen LogP contribution >= 0.6 is 0 Å². The lowest BCUT2D eigenvalue weighted by Crippen LogP contribution is -1.96. The number of carbonyl (C=O) groups is 1. The number of methoxy groups -OCH3 is 1. The molecule has 1 rings (SSSR count). The first-order chi connectivity index (χ1) is 6.63. The number of aromatic nitrogens is 1. The van der Waals surface area contributed by atoms with E-state index in [-0.39, 0.29) is 0 Å². The zero-order valence-corrected chi connectivity index (χ0v) is 8.00. The minimum atomic E-state index is -0.581. The molecule has 0 radical (unpaired) electrons. The summed E-state index contributed by atoms with van der Waals surface area (Å²) in [5, 5.41) is 0. The Morgan fingerprint density at radius 1 is 1.64 bits per heavy atom. The zero-order chi connectivity index (χ0) is 10.6. The largest absolute Gasteiger partial charge is 0.459 e. The third-order valence-corrected chi connectivity index (χ3v) is 1.57. The number of ether oxygens (including phenoxy) is 1. The van der Waals surface area contributed by atoms with E-state index >= 15 is 0 Å². The fourth-order valence-corrected chi connectivity index (χ4v) is 0.889. The zero-order valence-electron chi connectivity index (χ0n) is 8.00. The number of nitrogens with two attached hydrogens (primary N) is 1. The first kappa shape index (κ1) is 10.1. The second-order valence-corrected chi connectivity index (χ2v) is 2.68. The predicted octanol–water partition coefficient (Wildman–Crippen LogP) is 0.497. The lowest BCUT2D eigenvalue weighted by Gasteiger charge is -1.97. The van der Waals surface area contributed by atoms with Gasteiger partial charge in [-0.3, -0.25) is 0 Å². The first-order valence-electron chi connectivity index (χ1n) is 3.95. The third-order valence-electron chi connectivity index (χ3n) is 1.57. The maximum Gasteiger partial charge on any atom is 0.384 e. The summed E-state index contributed by atoms with van der Waals surface area (Å²) in [6.07, 6.45) is 1.49. The number of carbonyl (C=O) groups excluding carboxylic acids is 1. The number of pyridine rings is 1. The van der Waals surface area contributed by atoms with Gasteiger partial charge in [-0.25, -0.2) is 9.78 Å². The summed E-state index contributed by atoms with van der Waals surface area (Å²) in [7, 11) is 1.28. The fourth-order valence-electron chi connectivity index (χ4n) is 0.889. The van der Waals surface area contributed by atoms with Gasteiger partial charge in [-0.15, -0.1) is 0 Å². The molecule has 0 fully saturated rings. The van der Waals surface area contributed by atoms with Crippen LogP contribution in [-0.2, 0) is 9.53 Å². The summed E-state index contributed by atoms with van der Waals surface area (Å²) >= 11 is 0. The van der Waals surface area contributed by atoms with Crippen LogP contribution in [-0.4, -0.2) is 18.1 Å². The van der Waals surface area contributed by atoms with Gasteiger partial charge in [0.15, 0.2) is 0 Å². The standard InChI is InChI=1S/C10H10N2O2/c1-7-5-8(11)6-12-9(7)3-4-10(13)14-2/h5-6H,11H2,1-2H3. The monoisotopic (exact) mass is 190 g/mol. The highest BCUT2D eigenvalue weighted by Gasteiger charge is 1.97. The number of rotatable bonds is 0. The number of nitrogens with zero attached hydrogens (tertiary/aromatic N) is 1. The Hall–Kier alpha value is -2.02. The molecule has 1 aromatic heterocycles. The van der Waals surface area contributed by atoms with Gasteiger partial charge in [0.05, 0.1) is 19.0 Å². The maximum absolute atomic E-state index is 10.7. The lowest BCUT2D eigenvalue weighted by atomic mass is 10.2. The van der Waals surface area contributed by atoms with Crippen LogP contribution in [0.3, 0.4) is 0 Å². The molecule has 0 unspecified atom stereocenters. The van der Waals surface area contributed by atoms with Gasteiger partial charge in [0.25, 0.3) is 0 Å². The molecule has 4 nitrogen and oxygen atoms in total. The van der Waals surface area contributed by atoms with Crippen molar-refractivity contribution < 1.29 is 9.53 Å². The van der Waals surface area contributed by atoms with Gasteiger partial charge in [0.1, 0.15) is 5.69 Å². The molecular formula is C10H10N2O2. The summed E-state index contributed by atoms with van der Waals surface area (Å²) in [5.74, 6) is 4.31. The molecule has 0 aromatic carbocycles. The molecule has 0 aliphatic carbocycles. The number of hydrogen-bond acceptors (Lipinski definition) is 4. The van der Waals surface area contributed by atoms with E-state index in [4.69, 9.17) is 5.73 Å². The Kier molecular flexibility index (Phi) is 3.08. The van der Waals surface area contributed by atoms with Crippen molar-refractivity contribution in [2.45, 2.75) is 6.92 Å². The number of esters is 1. The summed E-state index contributed by atoms with van der Waals surface area (Å²) in [6, 6.07) is 1.74. The highest BCUT2D eigenvalue weighted by Crippen LogP contribution is 2.07. The predicted molar refractivity (Wildman–Crippen MR) is 52.3 cm³/mol. The van der Waals surface area contributed by atoms with Gasteiger partial charge in [-0.2, -0.15) is 0 Å². The molecule has 0 amide bonds. The van der Waals surface area contributed by atoms with Crippen molar-refractivity contribution in [3.05, 3.63) is 23.5 Å². The normalized spacial score (nSPS) is 8.71. The summed E-state index contributed by atoms with van der Waals surface area (Å²) in [5.41, 5.74) is 7.45. The maximum atomic E-state index is 10.7. The van der Waals surface area contributed by atoms with Gasteiger partial charge in [-0.1, -0.05) is 0 Å². The van der Waals surface area contributed by atoms with Gasteiger partial charge in [-0.05, 0) is 24.5 Å². The Bertz CT molecular complexity index is 416. The van der Waals surface area contributed by atoms with Crippen molar-refractivity contribution in [1.82, 2.24) is 4.98 Å². The quantitative estimate of drug-likeness (QED) is 0.478. The van der Waals surface area contributed by atoms with Crippen molar-refractivity contribution in [3.63, 3.8) is 0 Å². The molecule has 0 atom stereocenters. The Labute approximate surface area is 82.1 Å². The van der Waals surface area contributed by atoms with E-state index in [0.29, 0.717) is 11.4 Å². The smallest absolute Gasteiger partial charge is 0.384 e. The second kappa shape index (κ2) is 4.28. The SMILES string of the molecule is COC(=O)C#Cc1ncc(N)cc1C. The molecule has 0 saturated heterocycles. The van der Waals surface area contributed by atoms with Crippen molar-refractivity contribution in [1.29, 1.82) is 0 Å². The van der Waals surface area contributed by atoms with Gasteiger partial charge < -0.3 is 10.5 Å². The molecule has 0 spiro atoms. The van der Waals surface area contributed by atoms with Gasteiger partial charge >= 0.3 is 5.97 Å². The Balaban J connectivity index is 2.96. The molecule has 2 N–H and O–H groups in total. The molecule has 72 valence electrons. The molecule has 0 bridgehead atoms. The van der Waals surface area contributed by atoms with Crippen LogP contribution in [0.2, 0.25) is 0 Å². The minimum Gasteiger partial charge on any atom is -0.459 e. The molecule has 0 aliphatic heterocycles. The Morgan fingerprint density at radius 2 is 2.36 bits per heavy atom. The van der Waals surface area contributed by atoms with Crippen LogP contribution in [0.25, 0.3) is 0 Å². The van der Waals surface area contributed by atoms with E-state index in [1.165, 1.54) is 13.3 Å². The van der Waals surface area contributed by atoms with Gasteiger partial charge in [0, 0.05) is 5.92 Å². The van der Waals surface area contributed by atoms with Crippen LogP contribution in [0.4, 0.5) is 5.69 Å². The number of nitrogen functional groups attached to an aromatic ring is 1. The number of aryl methyl sites for hydroxylation is 1. The highest BCUT2D eigenvalue weighted by atomic mass is 16.5. The summed E-state index contributed by atoms with van der Waals surface area (Å²) in [4.78, 5) is 14.7. The fraction of sp³-hybridized carbons (Fsp3) is 0.200. The average Bonchev–Trinajstić information content (AvgIpc) is 2.16. The highest BCUT2D eigenvalue weighted by molar-refractivity contribution is 5.88. The molecule has 14 heavy (non-hydrogen) atoms. The van der Waals surface area contributed by atoms with Crippen molar-refractivity contribution in [2.24, 2.45) is 0 Å². The van der Waals surface area contributed by atoms with E-state index < -0.39 is 5.97 Å². The van der Waals surface area contributed by atoms with Crippen LogP contribution in [0.1, 0.15) is 11.3 Å². The molecular weight excluding hydrogens is 180 g/mol. The molecule has 1 aromatic rings. The number of anilines is 1. The van der Waals surface area contributed by atoms with Crippen molar-refractivity contribution in [3.8, 4) is 11.8 Å². The summed E-state index contributed by atoms with van der Waals surface area (Å²) < 4.78 is 4.37. The molecule has 4 heteroatoms. The molecule has 1 heterocycles. The van der Waals surface area contributed by atoms with E-state index in [2.05, 4.69) is 21.6 Å². The van der Waals surface area contributed by atoms with Crippen LogP contribution in [0.5, 0.6) is 0 Å². The van der Waals surface area contributed by atoms with E-state index in [1.54, 1.807) is 6.07 Å². The first-order valence-corrected chi connectivity index (χ1v) is 3.95. The topological polar surface area (TPSA) is 65.2 Å². The van der Waals surface area contributed by atoms with E-state index in [0.717, 1.165) is 5.56 Å². The molecule has 0 aliphatic rings. The molecule has 0 saturated carbocycles. The second-order valence-electron chi connectivity index (χ2n) is 2.68. The van der Waals surface area contributed by atoms with E-state index in [9.17, 15) is 4.79 Å². The van der Waals surface area contributed by atoms with Gasteiger partial charge in [0.2, 0.25) is 0 Å².